The highest BCUT2D eigenvalue weighted by Gasteiger charge is 2.26. The zero-order valence-corrected chi connectivity index (χ0v) is 16.5. The average Bonchev–Trinajstić information content (AvgIpc) is 2.73. The van der Waals surface area contributed by atoms with Crippen LogP contribution >= 0.6 is 0 Å². The Bertz CT molecular complexity index is 879. The van der Waals surface area contributed by atoms with Gasteiger partial charge in [0.25, 0.3) is 5.91 Å². The van der Waals surface area contributed by atoms with Crippen LogP contribution in [0.3, 0.4) is 0 Å². The van der Waals surface area contributed by atoms with E-state index in [2.05, 4.69) is 5.32 Å². The normalized spacial score (nSPS) is 16.3. The Kier molecular flexibility index (Phi) is 6.66. The molecule has 0 unspecified atom stereocenters. The van der Waals surface area contributed by atoms with Crippen LogP contribution in [0.2, 0.25) is 0 Å². The summed E-state index contributed by atoms with van der Waals surface area (Å²) in [6, 6.07) is 15.1. The molecule has 0 aliphatic carbocycles. The summed E-state index contributed by atoms with van der Waals surface area (Å²) in [5.41, 5.74) is 0.396. The number of benzene rings is 2. The summed E-state index contributed by atoms with van der Waals surface area (Å²) < 4.78 is 37.5. The van der Waals surface area contributed by atoms with Gasteiger partial charge in [-0.3, -0.25) is 4.79 Å². The highest BCUT2D eigenvalue weighted by Crippen LogP contribution is 2.18. The van der Waals surface area contributed by atoms with Crippen LogP contribution in [-0.2, 0) is 14.8 Å². The van der Waals surface area contributed by atoms with Gasteiger partial charge in [0.1, 0.15) is 12.4 Å². The van der Waals surface area contributed by atoms with Gasteiger partial charge >= 0.3 is 0 Å². The predicted molar refractivity (Wildman–Crippen MR) is 105 cm³/mol. The second-order valence-electron chi connectivity index (χ2n) is 6.54. The molecule has 28 heavy (non-hydrogen) atoms. The summed E-state index contributed by atoms with van der Waals surface area (Å²) >= 11 is 0. The van der Waals surface area contributed by atoms with Gasteiger partial charge in [-0.25, -0.2) is 8.42 Å². The van der Waals surface area contributed by atoms with Gasteiger partial charge < -0.3 is 14.8 Å². The average molecular weight is 404 g/mol. The lowest BCUT2D eigenvalue weighted by Gasteiger charge is -2.26. The third-order valence-corrected chi connectivity index (χ3v) is 6.26. The van der Waals surface area contributed by atoms with Gasteiger partial charge in [-0.2, -0.15) is 4.31 Å². The van der Waals surface area contributed by atoms with Gasteiger partial charge in [0, 0.05) is 18.7 Å². The molecule has 1 amide bonds. The van der Waals surface area contributed by atoms with E-state index in [4.69, 9.17) is 9.47 Å². The molecule has 150 valence electrons. The highest BCUT2D eigenvalue weighted by molar-refractivity contribution is 7.89. The maximum Gasteiger partial charge on any atom is 0.251 e. The summed E-state index contributed by atoms with van der Waals surface area (Å²) in [6.07, 6.45) is 0. The Hall–Kier alpha value is -2.42. The van der Waals surface area contributed by atoms with Crippen molar-refractivity contribution in [2.75, 3.05) is 32.9 Å². The van der Waals surface area contributed by atoms with Crippen molar-refractivity contribution in [1.29, 1.82) is 0 Å². The number of carbonyl (C=O) groups excluding carboxylic acids is 1. The number of nitrogens with one attached hydrogen (secondary N) is 1. The Labute approximate surface area is 165 Å². The van der Waals surface area contributed by atoms with E-state index in [1.807, 2.05) is 37.3 Å². The molecule has 3 rings (SSSR count). The van der Waals surface area contributed by atoms with Crippen molar-refractivity contribution in [3.8, 4) is 5.75 Å². The molecule has 8 heteroatoms. The Morgan fingerprint density at radius 3 is 2.39 bits per heavy atom. The molecule has 0 aromatic heterocycles. The molecule has 1 fully saturated rings. The van der Waals surface area contributed by atoms with Crippen LogP contribution in [-0.4, -0.2) is 57.6 Å². The first-order valence-electron chi connectivity index (χ1n) is 9.13. The number of rotatable bonds is 7. The van der Waals surface area contributed by atoms with Crippen molar-refractivity contribution in [2.24, 2.45) is 0 Å². The fourth-order valence-electron chi connectivity index (χ4n) is 2.80. The van der Waals surface area contributed by atoms with Crippen molar-refractivity contribution < 1.29 is 22.7 Å². The van der Waals surface area contributed by atoms with Crippen LogP contribution in [0.5, 0.6) is 5.75 Å². The van der Waals surface area contributed by atoms with Crippen LogP contribution in [0.1, 0.15) is 17.3 Å². The first-order chi connectivity index (χ1) is 13.5. The summed E-state index contributed by atoms with van der Waals surface area (Å²) in [5.74, 6) is 0.459. The SMILES string of the molecule is C[C@H](COc1ccccc1)NC(=O)c1ccc(S(=O)(=O)N2CCOCC2)cc1. The molecule has 0 bridgehead atoms. The van der Waals surface area contributed by atoms with E-state index < -0.39 is 10.0 Å². The molecule has 2 aromatic rings. The maximum atomic E-state index is 12.6. The number of para-hydroxylation sites is 1. The molecule has 0 spiro atoms. The van der Waals surface area contributed by atoms with E-state index >= 15 is 0 Å². The molecule has 1 aliphatic heterocycles. The van der Waals surface area contributed by atoms with Crippen LogP contribution in [0.4, 0.5) is 0 Å². The molecule has 1 N–H and O–H groups in total. The number of ether oxygens (including phenoxy) is 2. The lowest BCUT2D eigenvalue weighted by molar-refractivity contribution is 0.0730. The van der Waals surface area contributed by atoms with E-state index in [-0.39, 0.29) is 16.8 Å². The standard InChI is InChI=1S/C20H24N2O5S/c1-16(15-27-18-5-3-2-4-6-18)21-20(23)17-7-9-19(10-8-17)28(24,25)22-11-13-26-14-12-22/h2-10,16H,11-15H2,1H3,(H,21,23)/t16-/m1/s1. The Morgan fingerprint density at radius 1 is 1.11 bits per heavy atom. The van der Waals surface area contributed by atoms with Crippen LogP contribution in [0.25, 0.3) is 0 Å². The first-order valence-corrected chi connectivity index (χ1v) is 10.6. The van der Waals surface area contributed by atoms with Gasteiger partial charge in [-0.15, -0.1) is 0 Å². The predicted octanol–water partition coefficient (Wildman–Crippen LogP) is 1.90. The monoisotopic (exact) mass is 404 g/mol. The summed E-state index contributed by atoms with van der Waals surface area (Å²) in [5, 5.41) is 2.85. The maximum absolute atomic E-state index is 12.6. The van der Waals surface area contributed by atoms with Crippen molar-refractivity contribution in [1.82, 2.24) is 9.62 Å². The highest BCUT2D eigenvalue weighted by atomic mass is 32.2. The van der Waals surface area contributed by atoms with E-state index in [1.165, 1.54) is 28.6 Å². The smallest absolute Gasteiger partial charge is 0.251 e. The number of hydrogen-bond donors (Lipinski definition) is 1. The van der Waals surface area contributed by atoms with Gasteiger partial charge in [0.15, 0.2) is 0 Å². The molecule has 0 radical (unpaired) electrons. The van der Waals surface area contributed by atoms with Gasteiger partial charge in [-0.1, -0.05) is 18.2 Å². The van der Waals surface area contributed by atoms with Gasteiger partial charge in [0.05, 0.1) is 24.2 Å². The van der Waals surface area contributed by atoms with E-state index in [0.29, 0.717) is 38.5 Å². The molecule has 0 saturated carbocycles. The molecule has 2 aromatic carbocycles. The first kappa shape index (κ1) is 20.3. The van der Waals surface area contributed by atoms with E-state index in [0.717, 1.165) is 5.75 Å². The van der Waals surface area contributed by atoms with Crippen molar-refractivity contribution in [2.45, 2.75) is 17.9 Å². The molecular formula is C20H24N2O5S. The van der Waals surface area contributed by atoms with Crippen molar-refractivity contribution in [3.63, 3.8) is 0 Å². The molecular weight excluding hydrogens is 380 g/mol. The minimum absolute atomic E-state index is 0.173. The largest absolute Gasteiger partial charge is 0.491 e. The molecule has 7 nitrogen and oxygen atoms in total. The minimum Gasteiger partial charge on any atom is -0.491 e. The Morgan fingerprint density at radius 2 is 1.75 bits per heavy atom. The zero-order chi connectivity index (χ0) is 20.0. The van der Waals surface area contributed by atoms with Gasteiger partial charge in [0.2, 0.25) is 10.0 Å². The second-order valence-corrected chi connectivity index (χ2v) is 8.48. The summed E-state index contributed by atoms with van der Waals surface area (Å²) in [6.45, 7) is 3.63. The number of morpholine rings is 1. The van der Waals surface area contributed by atoms with E-state index in [1.54, 1.807) is 0 Å². The molecule has 1 atom stereocenters. The molecule has 1 aliphatic rings. The van der Waals surface area contributed by atoms with Crippen LogP contribution in [0, 0.1) is 0 Å². The van der Waals surface area contributed by atoms with Crippen molar-refractivity contribution in [3.05, 3.63) is 60.2 Å². The molecule has 1 saturated heterocycles. The number of hydrogen-bond acceptors (Lipinski definition) is 5. The summed E-state index contributed by atoms with van der Waals surface area (Å²) in [7, 11) is -3.57. The number of nitrogens with zero attached hydrogens (tertiary/aromatic N) is 1. The lowest BCUT2D eigenvalue weighted by atomic mass is 10.2. The number of sulfonamides is 1. The number of carbonyl (C=O) groups is 1. The van der Waals surface area contributed by atoms with Crippen LogP contribution < -0.4 is 10.1 Å². The van der Waals surface area contributed by atoms with Gasteiger partial charge in [-0.05, 0) is 43.3 Å². The minimum atomic E-state index is -3.57. The molecule has 1 heterocycles. The third kappa shape index (κ3) is 5.09. The fourth-order valence-corrected chi connectivity index (χ4v) is 4.21. The van der Waals surface area contributed by atoms with Crippen molar-refractivity contribution >= 4 is 15.9 Å². The fraction of sp³-hybridized carbons (Fsp3) is 0.350. The number of amides is 1. The van der Waals surface area contributed by atoms with E-state index in [9.17, 15) is 13.2 Å². The zero-order valence-electron chi connectivity index (χ0n) is 15.7. The topological polar surface area (TPSA) is 84.9 Å². The quantitative estimate of drug-likeness (QED) is 0.762. The summed E-state index contributed by atoms with van der Waals surface area (Å²) in [4.78, 5) is 12.6. The van der Waals surface area contributed by atoms with Crippen LogP contribution in [0.15, 0.2) is 59.5 Å². The Balaban J connectivity index is 1.57. The third-order valence-electron chi connectivity index (χ3n) is 4.35. The lowest BCUT2D eigenvalue weighted by Crippen LogP contribution is -2.40. The second kappa shape index (κ2) is 9.18.